The number of Topliss-reactive ketones (excluding diaryl/α,β-unsaturated/α-hetero) is 2. The van der Waals surface area contributed by atoms with Crippen LogP contribution >= 0.6 is 0 Å². The zero-order valence-electron chi connectivity index (χ0n) is 43.0. The van der Waals surface area contributed by atoms with Gasteiger partial charge in [-0.15, -0.1) is 0 Å². The first-order valence-electron chi connectivity index (χ1n) is 25.6. The van der Waals surface area contributed by atoms with Crippen LogP contribution in [0.5, 0.6) is 0 Å². The third kappa shape index (κ3) is 10.5. The number of anilines is 2. The molecule has 2 amide bonds. The Kier molecular flexibility index (Phi) is 15.0. The largest absolute Gasteiger partial charge is 0.383 e. The highest BCUT2D eigenvalue weighted by Crippen LogP contribution is 2.37. The molecule has 18 nitrogen and oxygen atoms in total. The predicted octanol–water partition coefficient (Wildman–Crippen LogP) is 8.28. The van der Waals surface area contributed by atoms with Gasteiger partial charge < -0.3 is 31.1 Å². The van der Waals surface area contributed by atoms with Crippen LogP contribution in [0.4, 0.5) is 11.6 Å². The summed E-state index contributed by atoms with van der Waals surface area (Å²) >= 11 is 0. The number of nitrogens with two attached hydrogens (primary N) is 2. The molecular weight excluding hydrogens is 973 g/mol. The number of hydrogen-bond donors (Lipinski definition) is 3. The molecule has 0 unspecified atom stereocenters. The van der Waals surface area contributed by atoms with Crippen molar-refractivity contribution in [3.63, 3.8) is 0 Å². The van der Waals surface area contributed by atoms with Crippen molar-refractivity contribution in [1.29, 1.82) is 0 Å². The number of piperidine rings is 2. The number of carbonyl (C=O) groups excluding carboxylic acids is 4. The molecule has 9 aromatic rings. The van der Waals surface area contributed by atoms with Crippen molar-refractivity contribution >= 4 is 46.3 Å². The van der Waals surface area contributed by atoms with Gasteiger partial charge in [0.05, 0.1) is 46.3 Å². The van der Waals surface area contributed by atoms with Crippen molar-refractivity contribution < 1.29 is 29.0 Å². The molecule has 390 valence electrons. The number of methoxy groups -OCH3 is 1. The fraction of sp³-hybridized carbons (Fsp3) is 0.254. The molecule has 2 saturated heterocycles. The van der Waals surface area contributed by atoms with Gasteiger partial charge in [0.25, 0.3) is 5.91 Å². The number of aliphatic hydroxyl groups is 1. The van der Waals surface area contributed by atoms with E-state index in [1.165, 1.54) is 30.0 Å². The maximum absolute atomic E-state index is 13.0. The van der Waals surface area contributed by atoms with Gasteiger partial charge in [-0.05, 0) is 57.2 Å². The van der Waals surface area contributed by atoms with Crippen LogP contribution in [-0.4, -0.2) is 117 Å². The van der Waals surface area contributed by atoms with Crippen molar-refractivity contribution in [1.82, 2.24) is 49.0 Å². The van der Waals surface area contributed by atoms with E-state index in [1.807, 2.05) is 91.0 Å². The number of ketones is 2. The molecule has 8 heterocycles. The SMILES string of the molecule is CC(=O)c1c(C2CCN(C(=O)[C@H](O)c3ccccc3)CC2)nc2c(-c3ccc(-c4ccccc4)nc3)cnn2c1N.COCC(=O)N1CCC(c2nc3c(-c4ccc(-c5ccccc5)nc4)cnn3c(N)c2C(C)=O)CC1. The van der Waals surface area contributed by atoms with Crippen LogP contribution in [0.2, 0.25) is 0 Å². The zero-order valence-corrected chi connectivity index (χ0v) is 43.0. The Labute approximate surface area is 444 Å². The molecule has 5 N–H and O–H groups in total. The monoisotopic (exact) mass is 1030 g/mol. The van der Waals surface area contributed by atoms with Crippen LogP contribution in [0.3, 0.4) is 0 Å². The minimum absolute atomic E-state index is 0.00382. The van der Waals surface area contributed by atoms with Gasteiger partial charge in [-0.2, -0.15) is 19.2 Å². The number of likely N-dealkylation sites (tertiary alicyclic amines) is 2. The first kappa shape index (κ1) is 51.5. The lowest BCUT2D eigenvalue weighted by molar-refractivity contribution is -0.141. The molecule has 1 atom stereocenters. The number of aliphatic hydroxyl groups excluding tert-OH is 1. The van der Waals surface area contributed by atoms with Crippen LogP contribution in [0.25, 0.3) is 56.1 Å². The average molecular weight is 1030 g/mol. The summed E-state index contributed by atoms with van der Waals surface area (Å²) in [5.74, 6) is -0.249. The van der Waals surface area contributed by atoms with Crippen molar-refractivity contribution in [3.8, 4) is 44.8 Å². The Morgan fingerprint density at radius 2 is 0.987 bits per heavy atom. The van der Waals surface area contributed by atoms with Crippen LogP contribution < -0.4 is 11.5 Å². The van der Waals surface area contributed by atoms with Crippen LogP contribution in [-0.2, 0) is 14.3 Å². The summed E-state index contributed by atoms with van der Waals surface area (Å²) in [6.07, 6.45) is 8.34. The molecule has 6 aromatic heterocycles. The van der Waals surface area contributed by atoms with Gasteiger partial charge in [0.1, 0.15) is 18.2 Å². The quantitative estimate of drug-likeness (QED) is 0.0976. The number of carbonyl (C=O) groups is 4. The summed E-state index contributed by atoms with van der Waals surface area (Å²) in [5, 5.41) is 19.5. The lowest BCUT2D eigenvalue weighted by Crippen LogP contribution is -2.41. The van der Waals surface area contributed by atoms with E-state index in [4.69, 9.17) is 26.2 Å². The highest BCUT2D eigenvalue weighted by Gasteiger charge is 2.33. The van der Waals surface area contributed by atoms with E-state index >= 15 is 0 Å². The molecule has 0 spiro atoms. The summed E-state index contributed by atoms with van der Waals surface area (Å²) < 4.78 is 8.02. The summed E-state index contributed by atoms with van der Waals surface area (Å²) in [5.41, 5.74) is 23.8. The molecule has 0 bridgehead atoms. The van der Waals surface area contributed by atoms with E-state index in [-0.39, 0.29) is 53.5 Å². The number of amides is 2. The van der Waals surface area contributed by atoms with Gasteiger partial charge in [-0.25, -0.2) is 9.97 Å². The molecule has 77 heavy (non-hydrogen) atoms. The van der Waals surface area contributed by atoms with E-state index in [0.717, 1.165) is 44.8 Å². The van der Waals surface area contributed by atoms with E-state index in [2.05, 4.69) is 20.2 Å². The zero-order chi connectivity index (χ0) is 53.7. The standard InChI is InChI=1S/C32H30N6O3.C27H28N6O3/c1-20(39)27-28(22-14-16-37(17-15-22)32(41)29(40)23-10-6-3-7-11-23)36-31-25(19-35-38(31)30(27)33)24-12-13-26(34-18-24)21-8-4-2-5-9-21;1-17(34)24-25(19-10-12-32(13-11-19)23(35)16-36-2)31-27-21(15-30-33(27)26(24)28)20-8-9-22(29-14-20)18-6-4-3-5-7-18/h2-13,18-19,22,29,40H,14-17,33H2,1H3;3-9,14-15,19H,10-13,16,28H2,1-2H3/t29-;/m1./s1. The third-order valence-electron chi connectivity index (χ3n) is 14.5. The average Bonchev–Trinajstić information content (AvgIpc) is 4.12. The predicted molar refractivity (Wildman–Crippen MR) is 293 cm³/mol. The van der Waals surface area contributed by atoms with Crippen molar-refractivity contribution in [3.05, 3.63) is 168 Å². The number of ether oxygens (including phenoxy) is 1. The van der Waals surface area contributed by atoms with Crippen molar-refractivity contribution in [2.45, 2.75) is 57.5 Å². The first-order valence-corrected chi connectivity index (χ1v) is 25.6. The number of hydrogen-bond acceptors (Lipinski definition) is 14. The van der Waals surface area contributed by atoms with E-state index < -0.39 is 6.10 Å². The number of aromatic nitrogens is 8. The highest BCUT2D eigenvalue weighted by atomic mass is 16.5. The van der Waals surface area contributed by atoms with Crippen LogP contribution in [0, 0.1) is 0 Å². The minimum atomic E-state index is -1.21. The second-order valence-electron chi connectivity index (χ2n) is 19.3. The molecule has 0 aliphatic carbocycles. The number of nitrogens with zero attached hydrogens (tertiary/aromatic N) is 10. The molecule has 2 aliphatic heterocycles. The van der Waals surface area contributed by atoms with Gasteiger partial charge in [-0.3, -0.25) is 29.1 Å². The lowest BCUT2D eigenvalue weighted by atomic mass is 9.89. The Bertz CT molecular complexity index is 3590. The summed E-state index contributed by atoms with van der Waals surface area (Å²) in [4.78, 5) is 73.3. The van der Waals surface area contributed by atoms with Gasteiger partial charge in [-0.1, -0.05) is 103 Å². The van der Waals surface area contributed by atoms with Crippen molar-refractivity contribution in [2.24, 2.45) is 0 Å². The summed E-state index contributed by atoms with van der Waals surface area (Å²) in [6, 6.07) is 36.7. The fourth-order valence-electron chi connectivity index (χ4n) is 10.4. The Hall–Kier alpha value is -9.00. The Morgan fingerprint density at radius 3 is 1.38 bits per heavy atom. The first-order chi connectivity index (χ1) is 37.4. The van der Waals surface area contributed by atoms with Crippen LogP contribution in [0.1, 0.15) is 95.1 Å². The molecule has 3 aromatic carbocycles. The maximum atomic E-state index is 13.0. The molecule has 11 rings (SSSR count). The fourth-order valence-corrected chi connectivity index (χ4v) is 10.4. The van der Waals surface area contributed by atoms with Gasteiger partial charge in [0.2, 0.25) is 5.91 Å². The topological polar surface area (TPSA) is 242 Å². The van der Waals surface area contributed by atoms with Crippen molar-refractivity contribution in [2.75, 3.05) is 51.4 Å². The number of pyridine rings is 2. The smallest absolute Gasteiger partial charge is 0.256 e. The second-order valence-corrected chi connectivity index (χ2v) is 19.3. The summed E-state index contributed by atoms with van der Waals surface area (Å²) in [6.45, 7) is 5.08. The normalized spacial score (nSPS) is 14.5. The Morgan fingerprint density at radius 1 is 0.571 bits per heavy atom. The molecule has 18 heteroatoms. The van der Waals surface area contributed by atoms with E-state index in [1.54, 1.807) is 58.9 Å². The number of rotatable bonds is 12. The Balaban J connectivity index is 0.000000176. The molecule has 2 fully saturated rings. The summed E-state index contributed by atoms with van der Waals surface area (Å²) in [7, 11) is 1.51. The van der Waals surface area contributed by atoms with E-state index in [0.29, 0.717) is 91.2 Å². The second kappa shape index (κ2) is 22.5. The van der Waals surface area contributed by atoms with Gasteiger partial charge in [0, 0.05) is 90.9 Å². The number of fused-ring (bicyclic) bond motifs is 2. The highest BCUT2D eigenvalue weighted by molar-refractivity contribution is 6.01. The van der Waals surface area contributed by atoms with E-state index in [9.17, 15) is 24.3 Å². The maximum Gasteiger partial charge on any atom is 0.256 e. The minimum Gasteiger partial charge on any atom is -0.383 e. The van der Waals surface area contributed by atoms with Gasteiger partial charge >= 0.3 is 0 Å². The molecule has 0 radical (unpaired) electrons. The number of nitrogen functional groups attached to an aromatic ring is 2. The molecular formula is C59H58N12O6. The third-order valence-corrected chi connectivity index (χ3v) is 14.5. The molecule has 2 aliphatic rings. The van der Waals surface area contributed by atoms with Crippen LogP contribution in [0.15, 0.2) is 140 Å². The molecule has 0 saturated carbocycles. The lowest BCUT2D eigenvalue weighted by Gasteiger charge is -2.33. The number of benzene rings is 3. The van der Waals surface area contributed by atoms with Gasteiger partial charge in [0.15, 0.2) is 29.0 Å².